The predicted octanol–water partition coefficient (Wildman–Crippen LogP) is -0.263. The zero-order valence-electron chi connectivity index (χ0n) is 11.8. The summed E-state index contributed by atoms with van der Waals surface area (Å²) in [5.74, 6) is -1.28. The number of hydrogen-bond acceptors (Lipinski definition) is 6. The van der Waals surface area contributed by atoms with E-state index in [2.05, 4.69) is 10.3 Å². The molecule has 9 nitrogen and oxygen atoms in total. The Hall–Kier alpha value is -2.45. The molecule has 0 saturated heterocycles. The van der Waals surface area contributed by atoms with Crippen molar-refractivity contribution in [3.63, 3.8) is 0 Å². The maximum absolute atomic E-state index is 11.8. The third kappa shape index (κ3) is 4.34. The number of nitrogens with zero attached hydrogens (tertiary/aromatic N) is 3. The number of aromatic nitrogens is 3. The Morgan fingerprint density at radius 1 is 1.35 bits per heavy atom. The molecule has 20 heavy (non-hydrogen) atoms. The Bertz CT molecular complexity index is 543. The summed E-state index contributed by atoms with van der Waals surface area (Å²) in [6.45, 7) is 6.47. The maximum atomic E-state index is 11.8. The van der Waals surface area contributed by atoms with Crippen LogP contribution in [0.1, 0.15) is 37.0 Å². The van der Waals surface area contributed by atoms with Gasteiger partial charge < -0.3 is 10.5 Å². The van der Waals surface area contributed by atoms with Crippen molar-refractivity contribution in [2.75, 3.05) is 0 Å². The number of ether oxygens (including phenoxy) is 1. The SMILES string of the molecule is Cc1c(C(=O)OC(C)(C)C)nnn1CC(=O)NC(N)=O. The first kappa shape index (κ1) is 15.6. The summed E-state index contributed by atoms with van der Waals surface area (Å²) in [5.41, 5.74) is 4.54. The van der Waals surface area contributed by atoms with Crippen LogP contribution in [0.25, 0.3) is 0 Å². The molecule has 1 heterocycles. The van der Waals surface area contributed by atoms with Crippen LogP contribution in [0, 0.1) is 6.92 Å². The van der Waals surface area contributed by atoms with E-state index in [9.17, 15) is 14.4 Å². The molecule has 9 heteroatoms. The van der Waals surface area contributed by atoms with Crippen molar-refractivity contribution in [2.24, 2.45) is 5.73 Å². The van der Waals surface area contributed by atoms with Crippen molar-refractivity contribution in [1.82, 2.24) is 20.3 Å². The van der Waals surface area contributed by atoms with E-state index in [0.29, 0.717) is 5.69 Å². The molecule has 1 aromatic heterocycles. The van der Waals surface area contributed by atoms with Gasteiger partial charge in [-0.3, -0.25) is 10.1 Å². The van der Waals surface area contributed by atoms with E-state index in [-0.39, 0.29) is 12.2 Å². The van der Waals surface area contributed by atoms with Gasteiger partial charge in [-0.1, -0.05) is 5.21 Å². The van der Waals surface area contributed by atoms with Crippen LogP contribution in [0.3, 0.4) is 0 Å². The van der Waals surface area contributed by atoms with Crippen LogP contribution in [0.4, 0.5) is 4.79 Å². The number of carbonyl (C=O) groups is 3. The molecule has 0 aromatic carbocycles. The first-order valence-corrected chi connectivity index (χ1v) is 5.83. The molecule has 0 fully saturated rings. The highest BCUT2D eigenvalue weighted by molar-refractivity contribution is 5.93. The van der Waals surface area contributed by atoms with Gasteiger partial charge in [0, 0.05) is 0 Å². The molecule has 0 unspecified atom stereocenters. The van der Waals surface area contributed by atoms with Crippen LogP contribution in [-0.2, 0) is 16.1 Å². The summed E-state index contributed by atoms with van der Waals surface area (Å²) in [5, 5.41) is 9.23. The Balaban J connectivity index is 2.82. The highest BCUT2D eigenvalue weighted by Crippen LogP contribution is 2.12. The molecular weight excluding hydrogens is 266 g/mol. The minimum Gasteiger partial charge on any atom is -0.455 e. The van der Waals surface area contributed by atoms with Crippen molar-refractivity contribution in [3.8, 4) is 0 Å². The van der Waals surface area contributed by atoms with Crippen molar-refractivity contribution < 1.29 is 19.1 Å². The number of urea groups is 1. The molecule has 0 spiro atoms. The summed E-state index contributed by atoms with van der Waals surface area (Å²) in [6, 6.07) is -0.958. The zero-order chi connectivity index (χ0) is 15.5. The van der Waals surface area contributed by atoms with E-state index < -0.39 is 23.5 Å². The minimum atomic E-state index is -0.958. The van der Waals surface area contributed by atoms with Crippen molar-refractivity contribution >= 4 is 17.9 Å². The van der Waals surface area contributed by atoms with Gasteiger partial charge in [-0.2, -0.15) is 0 Å². The highest BCUT2D eigenvalue weighted by Gasteiger charge is 2.24. The van der Waals surface area contributed by atoms with E-state index in [1.54, 1.807) is 27.7 Å². The number of nitrogens with two attached hydrogens (primary N) is 1. The number of amides is 3. The van der Waals surface area contributed by atoms with Crippen LogP contribution >= 0.6 is 0 Å². The fourth-order valence-electron chi connectivity index (χ4n) is 1.34. The van der Waals surface area contributed by atoms with Gasteiger partial charge in [0.15, 0.2) is 5.69 Å². The lowest BCUT2D eigenvalue weighted by Gasteiger charge is -2.18. The number of esters is 1. The number of imide groups is 1. The summed E-state index contributed by atoms with van der Waals surface area (Å²) < 4.78 is 6.34. The van der Waals surface area contributed by atoms with Crippen LogP contribution in [0.2, 0.25) is 0 Å². The number of carbonyl (C=O) groups excluding carboxylic acids is 3. The predicted molar refractivity (Wildman–Crippen MR) is 67.7 cm³/mol. The molecule has 0 aliphatic rings. The fourth-order valence-corrected chi connectivity index (χ4v) is 1.34. The Kier molecular flexibility index (Phi) is 4.43. The smallest absolute Gasteiger partial charge is 0.361 e. The van der Waals surface area contributed by atoms with Crippen LogP contribution in [0.5, 0.6) is 0 Å². The molecular formula is C11H17N5O4. The molecule has 0 radical (unpaired) electrons. The molecule has 0 saturated carbocycles. The normalized spacial score (nSPS) is 11.0. The van der Waals surface area contributed by atoms with Crippen molar-refractivity contribution in [2.45, 2.75) is 39.8 Å². The Morgan fingerprint density at radius 2 is 1.95 bits per heavy atom. The lowest BCUT2D eigenvalue weighted by Crippen LogP contribution is -2.37. The van der Waals surface area contributed by atoms with Crippen LogP contribution in [0.15, 0.2) is 0 Å². The first-order valence-electron chi connectivity index (χ1n) is 5.83. The van der Waals surface area contributed by atoms with Gasteiger partial charge in [-0.05, 0) is 27.7 Å². The topological polar surface area (TPSA) is 129 Å². The fraction of sp³-hybridized carbons (Fsp3) is 0.545. The second kappa shape index (κ2) is 5.68. The second-order valence-corrected chi connectivity index (χ2v) is 5.10. The van der Waals surface area contributed by atoms with Gasteiger partial charge in [0.1, 0.15) is 12.1 Å². The molecule has 0 aliphatic carbocycles. The quantitative estimate of drug-likeness (QED) is 0.735. The Labute approximate surface area is 115 Å². The summed E-state index contributed by atoms with van der Waals surface area (Å²) in [4.78, 5) is 33.7. The summed E-state index contributed by atoms with van der Waals surface area (Å²) in [7, 11) is 0. The van der Waals surface area contributed by atoms with E-state index in [0.717, 1.165) is 0 Å². The van der Waals surface area contributed by atoms with Gasteiger partial charge >= 0.3 is 12.0 Å². The average molecular weight is 283 g/mol. The van der Waals surface area contributed by atoms with E-state index in [4.69, 9.17) is 10.5 Å². The van der Waals surface area contributed by atoms with Gasteiger partial charge in [-0.15, -0.1) is 5.10 Å². The molecule has 110 valence electrons. The molecule has 0 aliphatic heterocycles. The third-order valence-corrected chi connectivity index (χ3v) is 2.13. The molecule has 1 rings (SSSR count). The third-order valence-electron chi connectivity index (χ3n) is 2.13. The van der Waals surface area contributed by atoms with Crippen LogP contribution in [-0.4, -0.2) is 38.5 Å². The van der Waals surface area contributed by atoms with E-state index >= 15 is 0 Å². The number of rotatable bonds is 3. The van der Waals surface area contributed by atoms with E-state index in [1.807, 2.05) is 5.32 Å². The van der Waals surface area contributed by atoms with Gasteiger partial charge in [-0.25, -0.2) is 14.3 Å². The summed E-state index contributed by atoms with van der Waals surface area (Å²) in [6.07, 6.45) is 0. The van der Waals surface area contributed by atoms with Crippen molar-refractivity contribution in [1.29, 1.82) is 0 Å². The standard InChI is InChI=1S/C11H17N5O4/c1-6-8(9(18)20-11(2,3)4)14-15-16(6)5-7(17)13-10(12)19/h5H2,1-4H3,(H3,12,13,17,19). The second-order valence-electron chi connectivity index (χ2n) is 5.10. The maximum Gasteiger partial charge on any atom is 0.361 e. The molecule has 1 aromatic rings. The van der Waals surface area contributed by atoms with Crippen molar-refractivity contribution in [3.05, 3.63) is 11.4 Å². The first-order chi connectivity index (χ1) is 9.10. The van der Waals surface area contributed by atoms with Gasteiger partial charge in [0.05, 0.1) is 5.69 Å². The number of nitrogens with one attached hydrogen (secondary N) is 1. The monoisotopic (exact) mass is 283 g/mol. The minimum absolute atomic E-state index is 0.0202. The zero-order valence-corrected chi connectivity index (χ0v) is 11.8. The molecule has 3 N–H and O–H groups in total. The largest absolute Gasteiger partial charge is 0.455 e. The molecule has 3 amide bonds. The lowest BCUT2D eigenvalue weighted by molar-refractivity contribution is -0.120. The highest BCUT2D eigenvalue weighted by atomic mass is 16.6. The summed E-state index contributed by atoms with van der Waals surface area (Å²) >= 11 is 0. The molecule has 0 atom stereocenters. The van der Waals surface area contributed by atoms with Crippen LogP contribution < -0.4 is 11.1 Å². The lowest BCUT2D eigenvalue weighted by atomic mass is 10.2. The number of hydrogen-bond donors (Lipinski definition) is 2. The van der Waals surface area contributed by atoms with Gasteiger partial charge in [0.25, 0.3) is 0 Å². The van der Waals surface area contributed by atoms with Gasteiger partial charge in [0.2, 0.25) is 5.91 Å². The van der Waals surface area contributed by atoms with E-state index in [1.165, 1.54) is 4.68 Å². The Morgan fingerprint density at radius 3 is 2.45 bits per heavy atom. The number of primary amides is 1. The molecule has 0 bridgehead atoms. The average Bonchev–Trinajstić information content (AvgIpc) is 2.56.